The van der Waals surface area contributed by atoms with Gasteiger partial charge in [0.05, 0.1) is 17.4 Å². The molecule has 0 aliphatic rings. The zero-order chi connectivity index (χ0) is 13.0. The number of nitrogens with one attached hydrogen (secondary N) is 1. The zero-order valence-corrected chi connectivity index (χ0v) is 11.5. The minimum absolute atomic E-state index is 0.173. The van der Waals surface area contributed by atoms with E-state index in [0.29, 0.717) is 5.88 Å². The number of fused-ring (bicyclic) bond motifs is 1. The third-order valence-corrected chi connectivity index (χ3v) is 3.26. The average Bonchev–Trinajstić information content (AvgIpc) is 2.36. The van der Waals surface area contributed by atoms with Crippen LogP contribution in [0, 0.1) is 5.41 Å². The Morgan fingerprint density at radius 3 is 2.83 bits per heavy atom. The van der Waals surface area contributed by atoms with Crippen LogP contribution in [0.15, 0.2) is 30.5 Å². The molecule has 4 heteroatoms. The van der Waals surface area contributed by atoms with Gasteiger partial charge in [-0.25, -0.2) is 0 Å². The van der Waals surface area contributed by atoms with Gasteiger partial charge >= 0.3 is 0 Å². The predicted octanol–water partition coefficient (Wildman–Crippen LogP) is 3.70. The molecule has 0 unspecified atom stereocenters. The lowest BCUT2D eigenvalue weighted by Gasteiger charge is -2.24. The van der Waals surface area contributed by atoms with E-state index in [9.17, 15) is 0 Å². The van der Waals surface area contributed by atoms with Crippen LogP contribution in [0.5, 0.6) is 0 Å². The van der Waals surface area contributed by atoms with Crippen LogP contribution in [0.2, 0.25) is 0 Å². The number of nitrogens with zero attached hydrogens (tertiary/aromatic N) is 2. The monoisotopic (exact) mass is 263 g/mol. The van der Waals surface area contributed by atoms with Crippen LogP contribution < -0.4 is 5.32 Å². The summed E-state index contributed by atoms with van der Waals surface area (Å²) in [6, 6.07) is 8.01. The highest BCUT2D eigenvalue weighted by Crippen LogP contribution is 2.24. The van der Waals surface area contributed by atoms with Gasteiger partial charge in [-0.2, -0.15) is 10.2 Å². The van der Waals surface area contributed by atoms with E-state index in [1.54, 1.807) is 6.20 Å². The van der Waals surface area contributed by atoms with E-state index in [4.69, 9.17) is 11.6 Å². The topological polar surface area (TPSA) is 37.8 Å². The molecular formula is C14H18ClN3. The molecule has 0 aliphatic heterocycles. The molecule has 1 N–H and O–H groups in total. The van der Waals surface area contributed by atoms with E-state index in [1.807, 2.05) is 18.2 Å². The average molecular weight is 264 g/mol. The Labute approximate surface area is 113 Å². The lowest BCUT2D eigenvalue weighted by Crippen LogP contribution is -2.23. The van der Waals surface area contributed by atoms with Crippen molar-refractivity contribution in [3.63, 3.8) is 0 Å². The molecule has 0 saturated heterocycles. The molecule has 2 rings (SSSR count). The lowest BCUT2D eigenvalue weighted by atomic mass is 9.90. The first-order valence-corrected chi connectivity index (χ1v) is 6.66. The fraction of sp³-hybridized carbons (Fsp3) is 0.429. The number of anilines is 1. The molecule has 0 bridgehead atoms. The van der Waals surface area contributed by atoms with Crippen molar-refractivity contribution in [2.45, 2.75) is 20.3 Å². The number of hydrogen-bond donors (Lipinski definition) is 1. The summed E-state index contributed by atoms with van der Waals surface area (Å²) in [5, 5.41) is 12.7. The van der Waals surface area contributed by atoms with Crippen LogP contribution in [-0.2, 0) is 0 Å². The Hall–Kier alpha value is -1.35. The molecule has 1 aromatic carbocycles. The number of rotatable bonds is 5. The normalized spacial score (nSPS) is 11.7. The van der Waals surface area contributed by atoms with E-state index in [0.717, 1.165) is 29.6 Å². The van der Waals surface area contributed by atoms with Crippen LogP contribution in [0.3, 0.4) is 0 Å². The predicted molar refractivity (Wildman–Crippen MR) is 77.1 cm³/mol. The van der Waals surface area contributed by atoms with Crippen molar-refractivity contribution in [2.24, 2.45) is 5.41 Å². The molecular weight excluding hydrogens is 246 g/mol. The first-order chi connectivity index (χ1) is 8.62. The van der Waals surface area contributed by atoms with Crippen molar-refractivity contribution in [2.75, 3.05) is 17.7 Å². The summed E-state index contributed by atoms with van der Waals surface area (Å²) < 4.78 is 0. The third-order valence-electron chi connectivity index (χ3n) is 3.08. The largest absolute Gasteiger partial charge is 0.383 e. The van der Waals surface area contributed by atoms with Gasteiger partial charge < -0.3 is 5.32 Å². The molecule has 0 atom stereocenters. The second-order valence-electron chi connectivity index (χ2n) is 5.23. The number of benzene rings is 1. The molecule has 0 saturated carbocycles. The zero-order valence-electron chi connectivity index (χ0n) is 10.8. The molecule has 2 aromatic rings. The van der Waals surface area contributed by atoms with E-state index in [2.05, 4.69) is 35.4 Å². The van der Waals surface area contributed by atoms with Crippen molar-refractivity contribution in [3.05, 3.63) is 30.5 Å². The van der Waals surface area contributed by atoms with Crippen LogP contribution in [0.25, 0.3) is 10.9 Å². The molecule has 1 heterocycles. The third kappa shape index (κ3) is 3.10. The number of halogens is 1. The van der Waals surface area contributed by atoms with Gasteiger partial charge in [-0.15, -0.1) is 11.6 Å². The lowest BCUT2D eigenvalue weighted by molar-refractivity contribution is 0.379. The Morgan fingerprint density at radius 1 is 1.28 bits per heavy atom. The summed E-state index contributed by atoms with van der Waals surface area (Å²) in [5.74, 6) is 0.685. The van der Waals surface area contributed by atoms with Crippen molar-refractivity contribution >= 4 is 28.2 Å². The molecule has 0 aliphatic carbocycles. The maximum atomic E-state index is 5.81. The second-order valence-corrected chi connectivity index (χ2v) is 5.61. The SMILES string of the molecule is CC(C)(CCCl)CNc1cnnc2ccccc12. The Morgan fingerprint density at radius 2 is 2.06 bits per heavy atom. The minimum atomic E-state index is 0.173. The maximum absolute atomic E-state index is 5.81. The Kier molecular flexibility index (Phi) is 4.02. The first kappa shape index (κ1) is 13.1. The fourth-order valence-electron chi connectivity index (χ4n) is 1.83. The Balaban J connectivity index is 2.17. The minimum Gasteiger partial charge on any atom is -0.383 e. The van der Waals surface area contributed by atoms with Crippen molar-refractivity contribution in [1.82, 2.24) is 10.2 Å². The van der Waals surface area contributed by atoms with E-state index >= 15 is 0 Å². The van der Waals surface area contributed by atoms with Crippen molar-refractivity contribution < 1.29 is 0 Å². The molecule has 3 nitrogen and oxygen atoms in total. The van der Waals surface area contributed by atoms with Gasteiger partial charge in [0.25, 0.3) is 0 Å². The Bertz CT molecular complexity index is 520. The summed E-state index contributed by atoms with van der Waals surface area (Å²) in [5.41, 5.74) is 2.12. The second kappa shape index (κ2) is 5.53. The van der Waals surface area contributed by atoms with E-state index in [1.165, 1.54) is 0 Å². The van der Waals surface area contributed by atoms with E-state index in [-0.39, 0.29) is 5.41 Å². The van der Waals surface area contributed by atoms with Gasteiger partial charge in [0.1, 0.15) is 0 Å². The molecule has 0 amide bonds. The van der Waals surface area contributed by atoms with Gasteiger partial charge in [-0.1, -0.05) is 32.0 Å². The molecule has 96 valence electrons. The van der Waals surface area contributed by atoms with Crippen molar-refractivity contribution in [3.8, 4) is 0 Å². The molecule has 0 fully saturated rings. The quantitative estimate of drug-likeness (QED) is 0.836. The summed E-state index contributed by atoms with van der Waals surface area (Å²) in [7, 11) is 0. The summed E-state index contributed by atoms with van der Waals surface area (Å²) >= 11 is 5.81. The van der Waals surface area contributed by atoms with Gasteiger partial charge in [0, 0.05) is 17.8 Å². The highest BCUT2D eigenvalue weighted by atomic mass is 35.5. The van der Waals surface area contributed by atoms with Crippen LogP contribution >= 0.6 is 11.6 Å². The first-order valence-electron chi connectivity index (χ1n) is 6.13. The van der Waals surface area contributed by atoms with Crippen LogP contribution in [0.4, 0.5) is 5.69 Å². The van der Waals surface area contributed by atoms with Gasteiger partial charge in [0.15, 0.2) is 0 Å². The fourth-order valence-corrected chi connectivity index (χ4v) is 2.34. The summed E-state index contributed by atoms with van der Waals surface area (Å²) in [4.78, 5) is 0. The molecule has 0 radical (unpaired) electrons. The summed E-state index contributed by atoms with van der Waals surface area (Å²) in [6.07, 6.45) is 2.76. The highest BCUT2D eigenvalue weighted by molar-refractivity contribution is 6.17. The molecule has 18 heavy (non-hydrogen) atoms. The number of aromatic nitrogens is 2. The standard InChI is InChI=1S/C14H18ClN3/c1-14(2,7-8-15)10-16-13-9-17-18-12-6-4-3-5-11(12)13/h3-6,9H,7-8,10H2,1-2H3,(H,16,18). The van der Waals surface area contributed by atoms with Gasteiger partial charge in [-0.3, -0.25) is 0 Å². The maximum Gasteiger partial charge on any atom is 0.0950 e. The van der Waals surface area contributed by atoms with E-state index < -0.39 is 0 Å². The summed E-state index contributed by atoms with van der Waals surface area (Å²) in [6.45, 7) is 5.29. The van der Waals surface area contributed by atoms with Crippen LogP contribution in [-0.4, -0.2) is 22.6 Å². The number of alkyl halides is 1. The highest BCUT2D eigenvalue weighted by Gasteiger charge is 2.17. The molecule has 0 spiro atoms. The molecule has 1 aromatic heterocycles. The van der Waals surface area contributed by atoms with Gasteiger partial charge in [0.2, 0.25) is 0 Å². The number of hydrogen-bond acceptors (Lipinski definition) is 3. The van der Waals surface area contributed by atoms with Gasteiger partial charge in [-0.05, 0) is 17.9 Å². The smallest absolute Gasteiger partial charge is 0.0950 e. The van der Waals surface area contributed by atoms with Crippen molar-refractivity contribution in [1.29, 1.82) is 0 Å². The van der Waals surface area contributed by atoms with Crippen LogP contribution in [0.1, 0.15) is 20.3 Å².